The summed E-state index contributed by atoms with van der Waals surface area (Å²) in [6, 6.07) is 3.57. The van der Waals surface area contributed by atoms with Crippen LogP contribution in [0.3, 0.4) is 0 Å². The zero-order chi connectivity index (χ0) is 10.8. The van der Waals surface area contributed by atoms with Gasteiger partial charge in [-0.15, -0.1) is 0 Å². The summed E-state index contributed by atoms with van der Waals surface area (Å²) < 4.78 is 11.8. The Labute approximate surface area is 110 Å². The highest BCUT2D eigenvalue weighted by atomic mass is 127. The zero-order valence-electron chi connectivity index (χ0n) is 7.61. The van der Waals surface area contributed by atoms with E-state index in [0.717, 1.165) is 11.0 Å². The van der Waals surface area contributed by atoms with Gasteiger partial charge in [-0.3, -0.25) is 3.97 Å². The largest absolute Gasteiger partial charge is 0.481 e. The minimum absolute atomic E-state index is 0.488. The molecule has 2 aromatic rings. The number of rotatable bonds is 3. The Morgan fingerprint density at radius 3 is 3.07 bits per heavy atom. The van der Waals surface area contributed by atoms with E-state index in [4.69, 9.17) is 18.9 Å². The van der Waals surface area contributed by atoms with Crippen molar-refractivity contribution in [1.29, 1.82) is 0 Å². The molecule has 0 saturated carbocycles. The van der Waals surface area contributed by atoms with Gasteiger partial charge in [0.05, 0.1) is 12.1 Å². The van der Waals surface area contributed by atoms with E-state index < -0.39 is 0 Å². The van der Waals surface area contributed by atoms with Crippen LogP contribution in [0.25, 0.3) is 11.0 Å². The predicted molar refractivity (Wildman–Crippen MR) is 69.4 cm³/mol. The number of ether oxygens (including phenoxy) is 1. The van der Waals surface area contributed by atoms with Crippen LogP contribution in [0.4, 0.5) is 0 Å². The summed E-state index contributed by atoms with van der Waals surface area (Å²) in [7, 11) is 1.56. The van der Waals surface area contributed by atoms with Gasteiger partial charge in [0.25, 0.3) is 0 Å². The van der Waals surface area contributed by atoms with Crippen molar-refractivity contribution in [2.45, 2.75) is 0 Å². The van der Waals surface area contributed by atoms with Gasteiger partial charge in [-0.2, -0.15) is 4.98 Å². The van der Waals surface area contributed by atoms with E-state index in [2.05, 4.69) is 4.98 Å². The molecule has 0 atom stereocenters. The lowest BCUT2D eigenvalue weighted by Gasteiger charge is -2.03. The summed E-state index contributed by atoms with van der Waals surface area (Å²) in [6.07, 6.45) is 1.84. The van der Waals surface area contributed by atoms with Crippen LogP contribution in [0.1, 0.15) is 0 Å². The molecule has 0 radical (unpaired) electrons. The van der Waals surface area contributed by atoms with Crippen LogP contribution in [0, 0.1) is 0 Å². The molecule has 2 aromatic heterocycles. The van der Waals surface area contributed by atoms with Crippen LogP contribution in [0.15, 0.2) is 18.3 Å². The van der Waals surface area contributed by atoms with Gasteiger partial charge in [-0.1, -0.05) is 11.6 Å². The number of hydrogen-bond acceptors (Lipinski definition) is 4. The number of methoxy groups -OCH3 is 1. The SMILES string of the molecule is COc1cc(Cl)c2ccn(SOI)c2n1. The molecule has 0 N–H and O–H groups in total. The van der Waals surface area contributed by atoms with Crippen LogP contribution in [-0.4, -0.2) is 16.1 Å². The molecule has 0 saturated heterocycles. The molecule has 0 unspecified atom stereocenters. The van der Waals surface area contributed by atoms with Crippen molar-refractivity contribution in [3.8, 4) is 5.88 Å². The quantitative estimate of drug-likeness (QED) is 0.623. The molecular formula is C8H6ClIN2O2S. The van der Waals surface area contributed by atoms with Gasteiger partial charge in [0.2, 0.25) is 5.88 Å². The Balaban J connectivity index is 2.61. The third-order valence-corrected chi connectivity index (χ3v) is 3.17. The van der Waals surface area contributed by atoms with Gasteiger partial charge >= 0.3 is 0 Å². The van der Waals surface area contributed by atoms with Gasteiger partial charge in [0.1, 0.15) is 35.2 Å². The first-order valence-corrected chi connectivity index (χ1v) is 5.89. The molecule has 0 aliphatic rings. The molecule has 2 heterocycles. The highest BCUT2D eigenvalue weighted by molar-refractivity contribution is 14.1. The third kappa shape index (κ3) is 2.17. The molecule has 0 aliphatic heterocycles. The molecule has 4 nitrogen and oxygen atoms in total. The molecule has 15 heavy (non-hydrogen) atoms. The maximum Gasteiger partial charge on any atom is 0.216 e. The monoisotopic (exact) mass is 356 g/mol. The summed E-state index contributed by atoms with van der Waals surface area (Å²) in [4.78, 5) is 4.29. The second kappa shape index (κ2) is 4.77. The number of halogens is 2. The Bertz CT molecular complexity index is 491. The Kier molecular flexibility index (Phi) is 3.60. The number of nitrogens with zero attached hydrogens (tertiary/aromatic N) is 2. The summed E-state index contributed by atoms with van der Waals surface area (Å²) in [6.45, 7) is 0. The fourth-order valence-corrected chi connectivity index (χ4v) is 2.36. The minimum Gasteiger partial charge on any atom is -0.481 e. The van der Waals surface area contributed by atoms with Crippen LogP contribution in [0.2, 0.25) is 5.02 Å². The summed E-state index contributed by atoms with van der Waals surface area (Å²) >= 11 is 9.03. The lowest BCUT2D eigenvalue weighted by molar-refractivity contribution is 0.399. The summed E-state index contributed by atoms with van der Waals surface area (Å²) in [5.74, 6) is 0.488. The first-order chi connectivity index (χ1) is 7.26. The van der Waals surface area contributed by atoms with Crippen LogP contribution >= 0.6 is 46.8 Å². The lowest BCUT2D eigenvalue weighted by Crippen LogP contribution is -1.91. The molecule has 0 fully saturated rings. The second-order valence-electron chi connectivity index (χ2n) is 2.66. The van der Waals surface area contributed by atoms with Crippen molar-refractivity contribution in [2.75, 3.05) is 7.11 Å². The van der Waals surface area contributed by atoms with Crippen LogP contribution in [-0.2, 0) is 2.51 Å². The highest BCUT2D eigenvalue weighted by Gasteiger charge is 2.09. The normalized spacial score (nSPS) is 10.9. The molecule has 2 rings (SSSR count). The van der Waals surface area contributed by atoms with Crippen LogP contribution in [0.5, 0.6) is 5.88 Å². The molecule has 0 aliphatic carbocycles. The Morgan fingerprint density at radius 2 is 2.40 bits per heavy atom. The average Bonchev–Trinajstić information content (AvgIpc) is 2.63. The average molecular weight is 357 g/mol. The molecular weight excluding hydrogens is 351 g/mol. The van der Waals surface area contributed by atoms with E-state index in [0.29, 0.717) is 10.9 Å². The molecule has 0 spiro atoms. The molecule has 0 bridgehead atoms. The Hall–Kier alpha value is -0.180. The number of fused-ring (bicyclic) bond motifs is 1. The minimum atomic E-state index is 0.488. The van der Waals surface area contributed by atoms with Crippen molar-refractivity contribution in [2.24, 2.45) is 0 Å². The van der Waals surface area contributed by atoms with E-state index >= 15 is 0 Å². The number of pyridine rings is 1. The van der Waals surface area contributed by atoms with Gasteiger partial charge in [-0.25, -0.2) is 2.51 Å². The molecule has 80 valence electrons. The van der Waals surface area contributed by atoms with E-state index in [1.165, 1.54) is 12.2 Å². The standard InChI is InChI=1S/C8H6ClIN2O2S/c1-13-7-4-6(9)5-2-3-12(15-14-10)8(5)11-7/h2-4H,1H3. The Morgan fingerprint density at radius 1 is 1.60 bits per heavy atom. The topological polar surface area (TPSA) is 36.3 Å². The fraction of sp³-hybridized carbons (Fsp3) is 0.125. The van der Waals surface area contributed by atoms with Crippen molar-refractivity contribution in [3.05, 3.63) is 23.4 Å². The summed E-state index contributed by atoms with van der Waals surface area (Å²) in [5.41, 5.74) is 0.723. The second-order valence-corrected chi connectivity index (χ2v) is 4.82. The molecule has 0 aromatic carbocycles. The molecule has 7 heteroatoms. The van der Waals surface area contributed by atoms with E-state index in [1.807, 2.05) is 12.3 Å². The number of hydrogen-bond donors (Lipinski definition) is 0. The van der Waals surface area contributed by atoms with Gasteiger partial charge in [-0.05, 0) is 6.07 Å². The first kappa shape index (κ1) is 11.3. The zero-order valence-corrected chi connectivity index (χ0v) is 11.3. The number of aromatic nitrogens is 2. The smallest absolute Gasteiger partial charge is 0.216 e. The van der Waals surface area contributed by atoms with Gasteiger partial charge < -0.3 is 4.74 Å². The van der Waals surface area contributed by atoms with Crippen molar-refractivity contribution >= 4 is 57.9 Å². The van der Waals surface area contributed by atoms with Crippen molar-refractivity contribution in [3.63, 3.8) is 0 Å². The van der Waals surface area contributed by atoms with Crippen molar-refractivity contribution in [1.82, 2.24) is 8.96 Å². The maximum absolute atomic E-state index is 6.07. The molecule has 0 amide bonds. The third-order valence-electron chi connectivity index (χ3n) is 1.87. The van der Waals surface area contributed by atoms with Crippen LogP contribution < -0.4 is 4.74 Å². The van der Waals surface area contributed by atoms with Gasteiger partial charge in [0, 0.05) is 17.6 Å². The van der Waals surface area contributed by atoms with E-state index in [9.17, 15) is 0 Å². The first-order valence-electron chi connectivity index (χ1n) is 3.93. The highest BCUT2D eigenvalue weighted by Crippen LogP contribution is 2.29. The lowest BCUT2D eigenvalue weighted by atomic mass is 10.3. The fourth-order valence-electron chi connectivity index (χ4n) is 1.22. The summed E-state index contributed by atoms with van der Waals surface area (Å²) in [5, 5.41) is 1.49. The van der Waals surface area contributed by atoms with E-state index in [1.54, 1.807) is 40.2 Å². The van der Waals surface area contributed by atoms with E-state index in [-0.39, 0.29) is 0 Å². The maximum atomic E-state index is 6.07. The van der Waals surface area contributed by atoms with Crippen molar-refractivity contribution < 1.29 is 7.25 Å². The van der Waals surface area contributed by atoms with Gasteiger partial charge in [0.15, 0.2) is 5.65 Å². The predicted octanol–water partition coefficient (Wildman–Crippen LogP) is 3.48.